The van der Waals surface area contributed by atoms with Crippen LogP contribution < -0.4 is 5.76 Å². The van der Waals surface area contributed by atoms with E-state index in [2.05, 4.69) is 0 Å². The highest BCUT2D eigenvalue weighted by atomic mass is 16.5. The lowest BCUT2D eigenvalue weighted by atomic mass is 10.0. The monoisotopic (exact) mass is 394 g/mol. The molecule has 0 N–H and O–H groups in total. The molecule has 2 aromatic carbocycles. The minimum absolute atomic E-state index is 0.0857. The maximum absolute atomic E-state index is 12.6. The number of likely N-dealkylation sites (tertiary alicyclic amines) is 1. The smallest absolute Gasteiger partial charge is 0.420 e. The summed E-state index contributed by atoms with van der Waals surface area (Å²) in [5.74, 6) is -0.823. The number of hydrogen-bond acceptors (Lipinski definition) is 5. The summed E-state index contributed by atoms with van der Waals surface area (Å²) in [4.78, 5) is 38.7. The van der Waals surface area contributed by atoms with Gasteiger partial charge < -0.3 is 14.1 Å². The van der Waals surface area contributed by atoms with Crippen molar-refractivity contribution < 1.29 is 18.7 Å². The molecule has 0 spiro atoms. The highest BCUT2D eigenvalue weighted by Crippen LogP contribution is 2.27. The fourth-order valence-electron chi connectivity index (χ4n) is 3.88. The molecule has 150 valence electrons. The van der Waals surface area contributed by atoms with Crippen LogP contribution in [0, 0.1) is 0 Å². The number of fused-ring (bicyclic) bond motifs is 1. The van der Waals surface area contributed by atoms with Crippen LogP contribution in [-0.2, 0) is 16.0 Å². The van der Waals surface area contributed by atoms with Gasteiger partial charge in [0.2, 0.25) is 5.91 Å². The minimum atomic E-state index is -0.464. The highest BCUT2D eigenvalue weighted by molar-refractivity contribution is 5.93. The number of piperidine rings is 1. The van der Waals surface area contributed by atoms with Gasteiger partial charge in [-0.25, -0.2) is 9.59 Å². The van der Waals surface area contributed by atoms with E-state index < -0.39 is 11.7 Å². The van der Waals surface area contributed by atoms with Gasteiger partial charge in [-0.3, -0.25) is 9.36 Å². The third kappa shape index (κ3) is 3.81. The van der Waals surface area contributed by atoms with Gasteiger partial charge in [0, 0.05) is 19.1 Å². The molecule has 2 heterocycles. The minimum Gasteiger partial charge on any atom is -0.465 e. The molecule has 1 aromatic heterocycles. The zero-order valence-corrected chi connectivity index (χ0v) is 16.2. The molecule has 0 bridgehead atoms. The van der Waals surface area contributed by atoms with E-state index in [9.17, 15) is 14.4 Å². The third-order valence-electron chi connectivity index (χ3n) is 5.41. The van der Waals surface area contributed by atoms with Crippen molar-refractivity contribution >= 4 is 23.0 Å². The highest BCUT2D eigenvalue weighted by Gasteiger charge is 2.27. The number of esters is 1. The van der Waals surface area contributed by atoms with Crippen LogP contribution in [0.4, 0.5) is 0 Å². The molecular weight excluding hydrogens is 372 g/mol. The standard InChI is InChI=1S/C22H22N2O5/c1-28-21(26)16-7-8-19-18(14-16)24(22(27)29-19)17-9-11-23(12-10-17)20(25)13-15-5-3-2-4-6-15/h2-8,14,17H,9-13H2,1H3. The summed E-state index contributed by atoms with van der Waals surface area (Å²) in [7, 11) is 1.32. The van der Waals surface area contributed by atoms with Crippen molar-refractivity contribution in [2.24, 2.45) is 0 Å². The fourth-order valence-corrected chi connectivity index (χ4v) is 3.88. The van der Waals surface area contributed by atoms with Crippen molar-refractivity contribution in [2.75, 3.05) is 20.2 Å². The van der Waals surface area contributed by atoms with Crippen LogP contribution in [0.3, 0.4) is 0 Å². The molecule has 0 aliphatic carbocycles. The summed E-state index contributed by atoms with van der Waals surface area (Å²) in [6.45, 7) is 1.15. The molecule has 7 nitrogen and oxygen atoms in total. The van der Waals surface area contributed by atoms with Crippen LogP contribution in [0.1, 0.15) is 34.8 Å². The van der Waals surface area contributed by atoms with Crippen molar-refractivity contribution in [3.8, 4) is 0 Å². The van der Waals surface area contributed by atoms with Gasteiger partial charge in [-0.1, -0.05) is 30.3 Å². The number of rotatable bonds is 4. The number of benzene rings is 2. The summed E-state index contributed by atoms with van der Waals surface area (Å²) < 4.78 is 11.7. The zero-order valence-electron chi connectivity index (χ0n) is 16.2. The average molecular weight is 394 g/mol. The Bertz CT molecular complexity index is 1090. The van der Waals surface area contributed by atoms with Crippen LogP contribution in [0.5, 0.6) is 0 Å². The molecule has 29 heavy (non-hydrogen) atoms. The first-order valence-electron chi connectivity index (χ1n) is 9.62. The van der Waals surface area contributed by atoms with Crippen LogP contribution in [0.2, 0.25) is 0 Å². The Morgan fingerprint density at radius 3 is 2.52 bits per heavy atom. The summed E-state index contributed by atoms with van der Waals surface area (Å²) in [5, 5.41) is 0. The molecule has 0 unspecified atom stereocenters. The van der Waals surface area contributed by atoms with Gasteiger partial charge in [-0.15, -0.1) is 0 Å². The Morgan fingerprint density at radius 1 is 1.10 bits per heavy atom. The first-order valence-corrected chi connectivity index (χ1v) is 9.62. The first-order chi connectivity index (χ1) is 14.1. The maximum atomic E-state index is 12.6. The second-order valence-electron chi connectivity index (χ2n) is 7.19. The second-order valence-corrected chi connectivity index (χ2v) is 7.19. The quantitative estimate of drug-likeness (QED) is 0.636. The van der Waals surface area contributed by atoms with Crippen molar-refractivity contribution in [1.82, 2.24) is 9.47 Å². The van der Waals surface area contributed by atoms with E-state index >= 15 is 0 Å². The Morgan fingerprint density at radius 2 is 1.83 bits per heavy atom. The van der Waals surface area contributed by atoms with E-state index in [0.29, 0.717) is 49.0 Å². The molecule has 1 amide bonds. The van der Waals surface area contributed by atoms with Gasteiger partial charge in [-0.2, -0.15) is 0 Å². The number of amides is 1. The Balaban J connectivity index is 1.50. The average Bonchev–Trinajstić information content (AvgIpc) is 3.08. The van der Waals surface area contributed by atoms with Gasteiger partial charge in [0.25, 0.3) is 0 Å². The number of oxazole rings is 1. The lowest BCUT2D eigenvalue weighted by molar-refractivity contribution is -0.131. The number of aromatic nitrogens is 1. The number of hydrogen-bond donors (Lipinski definition) is 0. The molecule has 1 aliphatic heterocycles. The van der Waals surface area contributed by atoms with Gasteiger partial charge in [0.15, 0.2) is 5.58 Å². The molecule has 4 rings (SSSR count). The first kappa shape index (κ1) is 19.0. The summed E-state index contributed by atoms with van der Waals surface area (Å²) >= 11 is 0. The Kier molecular flexibility index (Phi) is 5.20. The number of carbonyl (C=O) groups is 2. The maximum Gasteiger partial charge on any atom is 0.420 e. The Labute approximate surface area is 167 Å². The number of nitrogens with zero attached hydrogens (tertiary/aromatic N) is 2. The van der Waals surface area contributed by atoms with E-state index in [1.807, 2.05) is 35.2 Å². The van der Waals surface area contributed by atoms with Crippen molar-refractivity contribution in [3.63, 3.8) is 0 Å². The van der Waals surface area contributed by atoms with E-state index in [-0.39, 0.29) is 11.9 Å². The fraction of sp³-hybridized carbons (Fsp3) is 0.318. The number of methoxy groups -OCH3 is 1. The van der Waals surface area contributed by atoms with E-state index in [1.165, 1.54) is 7.11 Å². The summed E-state index contributed by atoms with van der Waals surface area (Å²) in [5.41, 5.74) is 2.37. The van der Waals surface area contributed by atoms with Gasteiger partial charge in [0.1, 0.15) is 0 Å². The van der Waals surface area contributed by atoms with Gasteiger partial charge in [-0.05, 0) is 36.6 Å². The molecule has 0 radical (unpaired) electrons. The van der Waals surface area contributed by atoms with Gasteiger partial charge >= 0.3 is 11.7 Å². The molecular formula is C22H22N2O5. The largest absolute Gasteiger partial charge is 0.465 e. The molecule has 3 aromatic rings. The number of ether oxygens (including phenoxy) is 1. The molecule has 1 fully saturated rings. The second kappa shape index (κ2) is 7.95. The molecule has 1 aliphatic rings. The Hall–Kier alpha value is -3.35. The molecule has 0 saturated carbocycles. The van der Waals surface area contributed by atoms with Crippen LogP contribution in [0.25, 0.3) is 11.1 Å². The van der Waals surface area contributed by atoms with Crippen molar-refractivity contribution in [1.29, 1.82) is 0 Å². The third-order valence-corrected chi connectivity index (χ3v) is 5.41. The van der Waals surface area contributed by atoms with E-state index in [1.54, 1.807) is 22.8 Å². The summed E-state index contributed by atoms with van der Waals surface area (Å²) in [6.07, 6.45) is 1.68. The molecule has 1 saturated heterocycles. The lowest BCUT2D eigenvalue weighted by Crippen LogP contribution is -2.41. The molecule has 0 atom stereocenters. The van der Waals surface area contributed by atoms with Crippen LogP contribution >= 0.6 is 0 Å². The van der Waals surface area contributed by atoms with Crippen molar-refractivity contribution in [3.05, 3.63) is 70.2 Å². The lowest BCUT2D eigenvalue weighted by Gasteiger charge is -2.32. The normalized spacial score (nSPS) is 14.9. The summed E-state index contributed by atoms with van der Waals surface area (Å²) in [6, 6.07) is 14.4. The zero-order chi connectivity index (χ0) is 20.4. The number of carbonyl (C=O) groups excluding carboxylic acids is 2. The van der Waals surface area contributed by atoms with Crippen LogP contribution in [0.15, 0.2) is 57.7 Å². The van der Waals surface area contributed by atoms with Crippen LogP contribution in [-0.4, -0.2) is 41.5 Å². The van der Waals surface area contributed by atoms with E-state index in [4.69, 9.17) is 9.15 Å². The molecule has 7 heteroatoms. The predicted molar refractivity (Wildman–Crippen MR) is 107 cm³/mol. The topological polar surface area (TPSA) is 81.8 Å². The van der Waals surface area contributed by atoms with E-state index in [0.717, 1.165) is 5.56 Å². The van der Waals surface area contributed by atoms with Crippen molar-refractivity contribution in [2.45, 2.75) is 25.3 Å². The SMILES string of the molecule is COC(=O)c1ccc2oc(=O)n(C3CCN(C(=O)Cc4ccccc4)CC3)c2c1. The predicted octanol–water partition coefficient (Wildman–Crippen LogP) is 2.79. The van der Waals surface area contributed by atoms with Gasteiger partial charge in [0.05, 0.1) is 24.6 Å².